The highest BCUT2D eigenvalue weighted by Crippen LogP contribution is 2.12. The van der Waals surface area contributed by atoms with Gasteiger partial charge < -0.3 is 10.4 Å². The third-order valence-corrected chi connectivity index (χ3v) is 4.57. The van der Waals surface area contributed by atoms with E-state index in [4.69, 9.17) is 0 Å². The molecule has 2 atom stereocenters. The fourth-order valence-corrected chi connectivity index (χ4v) is 3.34. The molecule has 3 N–H and O–H groups in total. The monoisotopic (exact) mass is 288 g/mol. The van der Waals surface area contributed by atoms with Crippen molar-refractivity contribution in [1.29, 1.82) is 0 Å². The van der Waals surface area contributed by atoms with Crippen LogP contribution in [0.2, 0.25) is 0 Å². The number of β-amino-alcohol motifs (C(OH)–C–C–N with tert-alkyl or cyclic N) is 1. The van der Waals surface area contributed by atoms with Gasteiger partial charge in [-0.2, -0.15) is 5.10 Å². The van der Waals surface area contributed by atoms with Crippen LogP contribution in [0.15, 0.2) is 17.3 Å². The molecule has 1 saturated heterocycles. The fourth-order valence-electron chi connectivity index (χ4n) is 2.08. The SMILES string of the molecule is CCCn1cc(S(=O)(=O)N[C@@H]2CCNC[C@H]2O)cn1. The third kappa shape index (κ3) is 3.53. The van der Waals surface area contributed by atoms with Crippen LogP contribution in [0.25, 0.3) is 0 Å². The molecule has 0 aliphatic carbocycles. The minimum absolute atomic E-state index is 0.145. The van der Waals surface area contributed by atoms with Crippen molar-refractivity contribution in [3.05, 3.63) is 12.4 Å². The van der Waals surface area contributed by atoms with E-state index in [0.29, 0.717) is 26.1 Å². The van der Waals surface area contributed by atoms with Crippen LogP contribution >= 0.6 is 0 Å². The van der Waals surface area contributed by atoms with Gasteiger partial charge in [-0.15, -0.1) is 0 Å². The number of aliphatic hydroxyl groups is 1. The zero-order valence-corrected chi connectivity index (χ0v) is 11.7. The average molecular weight is 288 g/mol. The minimum Gasteiger partial charge on any atom is -0.390 e. The van der Waals surface area contributed by atoms with Gasteiger partial charge in [0.05, 0.1) is 18.3 Å². The first-order valence-corrected chi connectivity index (χ1v) is 7.95. The second-order valence-electron chi connectivity index (χ2n) is 4.73. The summed E-state index contributed by atoms with van der Waals surface area (Å²) in [5, 5.41) is 16.8. The van der Waals surface area contributed by atoms with Crippen molar-refractivity contribution in [2.75, 3.05) is 13.1 Å². The highest BCUT2D eigenvalue weighted by molar-refractivity contribution is 7.89. The van der Waals surface area contributed by atoms with E-state index in [2.05, 4.69) is 15.1 Å². The van der Waals surface area contributed by atoms with E-state index in [1.807, 2.05) is 6.92 Å². The molecule has 2 rings (SSSR count). The Morgan fingerprint density at radius 2 is 2.42 bits per heavy atom. The van der Waals surface area contributed by atoms with Crippen molar-refractivity contribution in [1.82, 2.24) is 19.8 Å². The molecular formula is C11H20N4O3S. The maximum absolute atomic E-state index is 12.2. The average Bonchev–Trinajstić information content (AvgIpc) is 2.82. The minimum atomic E-state index is -3.61. The Balaban J connectivity index is 2.08. The topological polar surface area (TPSA) is 96.2 Å². The Bertz CT molecular complexity index is 514. The Hall–Kier alpha value is -0.960. The van der Waals surface area contributed by atoms with Crippen molar-refractivity contribution in [3.63, 3.8) is 0 Å². The number of rotatable bonds is 5. The van der Waals surface area contributed by atoms with Gasteiger partial charge in [0.25, 0.3) is 0 Å². The molecule has 19 heavy (non-hydrogen) atoms. The van der Waals surface area contributed by atoms with Crippen LogP contribution in [0.1, 0.15) is 19.8 Å². The predicted molar refractivity (Wildman–Crippen MR) is 70.1 cm³/mol. The Morgan fingerprint density at radius 3 is 3.11 bits per heavy atom. The molecule has 0 aromatic carbocycles. The van der Waals surface area contributed by atoms with Gasteiger partial charge >= 0.3 is 0 Å². The Morgan fingerprint density at radius 1 is 1.63 bits per heavy atom. The Labute approximate surface area is 113 Å². The van der Waals surface area contributed by atoms with Crippen molar-refractivity contribution in [2.24, 2.45) is 0 Å². The van der Waals surface area contributed by atoms with Crippen LogP contribution in [0.4, 0.5) is 0 Å². The third-order valence-electron chi connectivity index (χ3n) is 3.13. The molecule has 2 heterocycles. The number of nitrogens with zero attached hydrogens (tertiary/aromatic N) is 2. The first-order valence-electron chi connectivity index (χ1n) is 6.46. The van der Waals surface area contributed by atoms with E-state index < -0.39 is 22.2 Å². The smallest absolute Gasteiger partial charge is 0.244 e. The van der Waals surface area contributed by atoms with Crippen LogP contribution in [-0.4, -0.2) is 48.5 Å². The standard InChI is InChI=1S/C11H20N4O3S/c1-2-5-15-8-9(6-13-15)19(17,18)14-10-3-4-12-7-11(10)16/h6,8,10-12,14,16H,2-5,7H2,1H3/t10-,11-/m1/s1. The van der Waals surface area contributed by atoms with Crippen molar-refractivity contribution >= 4 is 10.0 Å². The molecule has 0 saturated carbocycles. The molecule has 108 valence electrons. The number of sulfonamides is 1. The van der Waals surface area contributed by atoms with Gasteiger partial charge in [-0.25, -0.2) is 13.1 Å². The van der Waals surface area contributed by atoms with Gasteiger partial charge in [0.15, 0.2) is 0 Å². The highest BCUT2D eigenvalue weighted by atomic mass is 32.2. The first kappa shape index (κ1) is 14.4. The van der Waals surface area contributed by atoms with Crippen molar-refractivity contribution in [3.8, 4) is 0 Å². The zero-order chi connectivity index (χ0) is 13.9. The van der Waals surface area contributed by atoms with Gasteiger partial charge in [-0.05, 0) is 19.4 Å². The lowest BCUT2D eigenvalue weighted by atomic mass is 10.1. The molecule has 1 aliphatic heterocycles. The number of hydrogen-bond donors (Lipinski definition) is 3. The Kier molecular flexibility index (Phi) is 4.56. The lowest BCUT2D eigenvalue weighted by molar-refractivity contribution is 0.113. The number of aromatic nitrogens is 2. The lowest BCUT2D eigenvalue weighted by Crippen LogP contribution is -2.52. The lowest BCUT2D eigenvalue weighted by Gasteiger charge is -2.28. The summed E-state index contributed by atoms with van der Waals surface area (Å²) in [7, 11) is -3.61. The molecule has 1 fully saturated rings. The number of aryl methyl sites for hydroxylation is 1. The fraction of sp³-hybridized carbons (Fsp3) is 0.727. The summed E-state index contributed by atoms with van der Waals surface area (Å²) in [5.41, 5.74) is 0. The first-order chi connectivity index (χ1) is 9.03. The second kappa shape index (κ2) is 6.00. The highest BCUT2D eigenvalue weighted by Gasteiger charge is 2.28. The van der Waals surface area contributed by atoms with Crippen LogP contribution in [0.3, 0.4) is 0 Å². The number of piperidine rings is 1. The van der Waals surface area contributed by atoms with Crippen LogP contribution < -0.4 is 10.0 Å². The molecule has 0 amide bonds. The van der Waals surface area contributed by atoms with Crippen LogP contribution in [0, 0.1) is 0 Å². The maximum atomic E-state index is 12.2. The van der Waals surface area contributed by atoms with Crippen LogP contribution in [-0.2, 0) is 16.6 Å². The zero-order valence-electron chi connectivity index (χ0n) is 10.9. The van der Waals surface area contributed by atoms with Crippen molar-refractivity contribution in [2.45, 2.75) is 43.4 Å². The summed E-state index contributed by atoms with van der Waals surface area (Å²) in [6.45, 7) is 3.78. The molecule has 0 bridgehead atoms. The van der Waals surface area contributed by atoms with Gasteiger partial charge in [-0.1, -0.05) is 6.92 Å². The van der Waals surface area contributed by atoms with Crippen molar-refractivity contribution < 1.29 is 13.5 Å². The summed E-state index contributed by atoms with van der Waals surface area (Å²) in [6.07, 6.45) is 3.62. The molecule has 0 spiro atoms. The van der Waals surface area contributed by atoms with E-state index in [1.165, 1.54) is 12.4 Å². The molecular weight excluding hydrogens is 268 g/mol. The van der Waals surface area contributed by atoms with Gasteiger partial charge in [0.2, 0.25) is 10.0 Å². The molecule has 0 unspecified atom stereocenters. The normalized spacial score (nSPS) is 24.5. The summed E-state index contributed by atoms with van der Waals surface area (Å²) in [6, 6.07) is -0.444. The molecule has 0 radical (unpaired) electrons. The number of nitrogens with one attached hydrogen (secondary N) is 2. The molecule has 8 heteroatoms. The summed E-state index contributed by atoms with van der Waals surface area (Å²) in [4.78, 5) is 0.145. The summed E-state index contributed by atoms with van der Waals surface area (Å²) in [5.74, 6) is 0. The molecule has 1 aromatic heterocycles. The van der Waals surface area contributed by atoms with E-state index in [0.717, 1.165) is 6.42 Å². The summed E-state index contributed by atoms with van der Waals surface area (Å²) >= 11 is 0. The molecule has 1 aromatic rings. The summed E-state index contributed by atoms with van der Waals surface area (Å²) < 4.78 is 28.5. The predicted octanol–water partition coefficient (Wildman–Crippen LogP) is -0.706. The van der Waals surface area contributed by atoms with Crippen LogP contribution in [0.5, 0.6) is 0 Å². The quantitative estimate of drug-likeness (QED) is 0.665. The van der Waals surface area contributed by atoms with Gasteiger partial charge in [-0.3, -0.25) is 4.68 Å². The largest absolute Gasteiger partial charge is 0.390 e. The second-order valence-corrected chi connectivity index (χ2v) is 6.44. The molecule has 1 aliphatic rings. The van der Waals surface area contributed by atoms with E-state index in [9.17, 15) is 13.5 Å². The van der Waals surface area contributed by atoms with E-state index in [-0.39, 0.29) is 4.90 Å². The maximum Gasteiger partial charge on any atom is 0.244 e. The van der Waals surface area contributed by atoms with E-state index in [1.54, 1.807) is 4.68 Å². The van der Waals surface area contributed by atoms with E-state index >= 15 is 0 Å². The molecule has 7 nitrogen and oxygen atoms in total. The van der Waals surface area contributed by atoms with Gasteiger partial charge in [0, 0.05) is 19.3 Å². The number of hydrogen-bond acceptors (Lipinski definition) is 5. The van der Waals surface area contributed by atoms with Gasteiger partial charge in [0.1, 0.15) is 4.90 Å². The number of aliphatic hydroxyl groups excluding tert-OH is 1.